The molecule has 1 fully saturated rings. The van der Waals surface area contributed by atoms with E-state index in [1.807, 2.05) is 0 Å². The molecule has 0 spiro atoms. The molecule has 0 bridgehead atoms. The Morgan fingerprint density at radius 3 is 2.26 bits per heavy atom. The number of carbonyl (C=O) groups excluding carboxylic acids is 3. The van der Waals surface area contributed by atoms with Gasteiger partial charge >= 0.3 is 12.0 Å². The Morgan fingerprint density at radius 1 is 1.19 bits per heavy atom. The summed E-state index contributed by atoms with van der Waals surface area (Å²) in [5.41, 5.74) is 4.91. The van der Waals surface area contributed by atoms with Gasteiger partial charge in [0.2, 0.25) is 10.0 Å². The molecule has 1 unspecified atom stereocenters. The molecule has 9 nitrogen and oxygen atoms in total. The van der Waals surface area contributed by atoms with Gasteiger partial charge in [-0.1, -0.05) is 6.92 Å². The summed E-state index contributed by atoms with van der Waals surface area (Å²) in [4.78, 5) is 34.3. The number of nitrogens with zero attached hydrogens (tertiary/aromatic N) is 1. The molecule has 1 aromatic carbocycles. The molecule has 1 aliphatic rings. The lowest BCUT2D eigenvalue weighted by Crippen LogP contribution is -2.42. The SMILES string of the molecule is CC1CCN(S(=O)(=O)c2ccc(C(=O)OC(C)C(=O)NC(N)=O)cc2)CC1. The summed E-state index contributed by atoms with van der Waals surface area (Å²) in [7, 11) is -3.61. The molecule has 27 heavy (non-hydrogen) atoms. The van der Waals surface area contributed by atoms with Crippen molar-refractivity contribution in [1.29, 1.82) is 0 Å². The van der Waals surface area contributed by atoms with Gasteiger partial charge in [0.1, 0.15) is 0 Å². The van der Waals surface area contributed by atoms with Crippen LogP contribution in [0.2, 0.25) is 0 Å². The molecule has 1 saturated heterocycles. The van der Waals surface area contributed by atoms with Crippen LogP contribution in [0, 0.1) is 5.92 Å². The van der Waals surface area contributed by atoms with Crippen molar-refractivity contribution in [2.75, 3.05) is 13.1 Å². The van der Waals surface area contributed by atoms with Gasteiger partial charge in [0.05, 0.1) is 10.5 Å². The van der Waals surface area contributed by atoms with E-state index in [2.05, 4.69) is 6.92 Å². The molecule has 1 atom stereocenters. The number of piperidine rings is 1. The third-order valence-electron chi connectivity index (χ3n) is 4.37. The molecular weight excluding hydrogens is 374 g/mol. The Labute approximate surface area is 157 Å². The molecular formula is C17H23N3O6S. The van der Waals surface area contributed by atoms with E-state index in [1.165, 1.54) is 35.5 Å². The van der Waals surface area contributed by atoms with Crippen molar-refractivity contribution in [3.05, 3.63) is 29.8 Å². The van der Waals surface area contributed by atoms with Gasteiger partial charge in [-0.25, -0.2) is 18.0 Å². The minimum Gasteiger partial charge on any atom is -0.449 e. The van der Waals surface area contributed by atoms with E-state index in [4.69, 9.17) is 10.5 Å². The average molecular weight is 397 g/mol. The predicted molar refractivity (Wildman–Crippen MR) is 96.2 cm³/mol. The van der Waals surface area contributed by atoms with Gasteiger partial charge in [0, 0.05) is 13.1 Å². The number of hydrogen-bond donors (Lipinski definition) is 2. The van der Waals surface area contributed by atoms with Crippen LogP contribution in [-0.2, 0) is 19.6 Å². The average Bonchev–Trinajstić information content (AvgIpc) is 2.61. The summed E-state index contributed by atoms with van der Waals surface area (Å²) in [6.45, 7) is 4.32. The molecule has 2 rings (SSSR count). The number of ether oxygens (including phenoxy) is 1. The molecule has 0 aliphatic carbocycles. The number of rotatable bonds is 5. The van der Waals surface area contributed by atoms with Crippen molar-refractivity contribution in [2.24, 2.45) is 11.7 Å². The lowest BCUT2D eigenvalue weighted by molar-refractivity contribution is -0.127. The first-order valence-corrected chi connectivity index (χ1v) is 9.96. The van der Waals surface area contributed by atoms with Crippen LogP contribution in [0.5, 0.6) is 0 Å². The zero-order valence-corrected chi connectivity index (χ0v) is 16.0. The molecule has 1 aromatic rings. The molecule has 10 heteroatoms. The van der Waals surface area contributed by atoms with Crippen molar-refractivity contribution in [3.63, 3.8) is 0 Å². The second-order valence-corrected chi connectivity index (χ2v) is 8.45. The standard InChI is InChI=1S/C17H23N3O6S/c1-11-7-9-20(10-8-11)27(24,25)14-5-3-13(4-6-14)16(22)26-12(2)15(21)19-17(18)23/h3-6,11-12H,7-10H2,1-2H3,(H3,18,19,21,23). The number of urea groups is 1. The lowest BCUT2D eigenvalue weighted by Gasteiger charge is -2.29. The summed E-state index contributed by atoms with van der Waals surface area (Å²) >= 11 is 0. The van der Waals surface area contributed by atoms with E-state index in [-0.39, 0.29) is 10.5 Å². The Balaban J connectivity index is 2.04. The van der Waals surface area contributed by atoms with E-state index in [0.717, 1.165) is 12.8 Å². The minimum absolute atomic E-state index is 0.0833. The summed E-state index contributed by atoms with van der Waals surface area (Å²) in [6.07, 6.45) is 0.396. The van der Waals surface area contributed by atoms with Gasteiger partial charge < -0.3 is 10.5 Å². The topological polar surface area (TPSA) is 136 Å². The Morgan fingerprint density at radius 2 is 1.74 bits per heavy atom. The maximum absolute atomic E-state index is 12.7. The van der Waals surface area contributed by atoms with Gasteiger partial charge in [-0.2, -0.15) is 4.31 Å². The Bertz CT molecular complexity index is 814. The quantitative estimate of drug-likeness (QED) is 0.707. The van der Waals surface area contributed by atoms with E-state index in [9.17, 15) is 22.8 Å². The first-order valence-electron chi connectivity index (χ1n) is 8.52. The molecule has 3 amide bonds. The van der Waals surface area contributed by atoms with Crippen molar-refractivity contribution in [2.45, 2.75) is 37.7 Å². The van der Waals surface area contributed by atoms with E-state index < -0.39 is 34.0 Å². The summed E-state index contributed by atoms with van der Waals surface area (Å²) < 4.78 is 31.7. The molecule has 1 heterocycles. The highest BCUT2D eigenvalue weighted by atomic mass is 32.2. The van der Waals surface area contributed by atoms with Crippen LogP contribution in [0.3, 0.4) is 0 Å². The molecule has 1 aliphatic heterocycles. The van der Waals surface area contributed by atoms with Crippen LogP contribution >= 0.6 is 0 Å². The van der Waals surface area contributed by atoms with E-state index in [0.29, 0.717) is 19.0 Å². The van der Waals surface area contributed by atoms with Gasteiger partial charge in [-0.15, -0.1) is 0 Å². The zero-order chi connectivity index (χ0) is 20.2. The van der Waals surface area contributed by atoms with Crippen molar-refractivity contribution >= 4 is 27.9 Å². The smallest absolute Gasteiger partial charge is 0.338 e. The molecule has 0 radical (unpaired) electrons. The van der Waals surface area contributed by atoms with Crippen molar-refractivity contribution < 1.29 is 27.5 Å². The third kappa shape index (κ3) is 5.27. The first-order chi connectivity index (χ1) is 12.6. The second-order valence-electron chi connectivity index (χ2n) is 6.51. The number of esters is 1. The highest BCUT2D eigenvalue weighted by molar-refractivity contribution is 7.89. The number of carbonyl (C=O) groups is 3. The van der Waals surface area contributed by atoms with Crippen LogP contribution in [0.4, 0.5) is 4.79 Å². The lowest BCUT2D eigenvalue weighted by atomic mass is 10.0. The Kier molecular flexibility index (Phi) is 6.55. The number of hydrogen-bond acceptors (Lipinski definition) is 6. The number of imide groups is 1. The summed E-state index contributed by atoms with van der Waals surface area (Å²) in [5, 5.41) is 1.81. The van der Waals surface area contributed by atoms with Gasteiger partial charge in [0.15, 0.2) is 6.10 Å². The maximum atomic E-state index is 12.7. The largest absolute Gasteiger partial charge is 0.449 e. The fourth-order valence-corrected chi connectivity index (χ4v) is 4.11. The molecule has 148 valence electrons. The van der Waals surface area contributed by atoms with Crippen molar-refractivity contribution in [1.82, 2.24) is 9.62 Å². The fourth-order valence-electron chi connectivity index (χ4n) is 2.64. The summed E-state index contributed by atoms with van der Waals surface area (Å²) in [6, 6.07) is 4.25. The minimum atomic E-state index is -3.61. The normalized spacial score (nSPS) is 17.1. The fraction of sp³-hybridized carbons (Fsp3) is 0.471. The van der Waals surface area contributed by atoms with Crippen molar-refractivity contribution in [3.8, 4) is 0 Å². The van der Waals surface area contributed by atoms with Crippen LogP contribution in [-0.4, -0.2) is 49.8 Å². The van der Waals surface area contributed by atoms with Gasteiger partial charge in [-0.3, -0.25) is 10.1 Å². The number of nitrogens with one attached hydrogen (secondary N) is 1. The second kappa shape index (κ2) is 8.49. The maximum Gasteiger partial charge on any atom is 0.338 e. The molecule has 0 aromatic heterocycles. The number of sulfonamides is 1. The highest BCUT2D eigenvalue weighted by Gasteiger charge is 2.28. The molecule has 3 N–H and O–H groups in total. The van der Waals surface area contributed by atoms with Gasteiger partial charge in [0.25, 0.3) is 5.91 Å². The van der Waals surface area contributed by atoms with Crippen LogP contribution < -0.4 is 11.1 Å². The highest BCUT2D eigenvalue weighted by Crippen LogP contribution is 2.23. The van der Waals surface area contributed by atoms with Crippen LogP contribution in [0.25, 0.3) is 0 Å². The molecule has 0 saturated carbocycles. The third-order valence-corrected chi connectivity index (χ3v) is 6.28. The number of primary amides is 1. The monoisotopic (exact) mass is 397 g/mol. The number of amides is 3. The number of nitrogens with two attached hydrogens (primary N) is 1. The predicted octanol–water partition coefficient (Wildman–Crippen LogP) is 0.847. The summed E-state index contributed by atoms with van der Waals surface area (Å²) in [5.74, 6) is -1.17. The van der Waals surface area contributed by atoms with Crippen LogP contribution in [0.15, 0.2) is 29.2 Å². The first kappa shape index (κ1) is 20.8. The number of benzene rings is 1. The van der Waals surface area contributed by atoms with E-state index >= 15 is 0 Å². The van der Waals surface area contributed by atoms with Crippen LogP contribution in [0.1, 0.15) is 37.0 Å². The Hall–Kier alpha value is -2.46. The van der Waals surface area contributed by atoms with E-state index in [1.54, 1.807) is 5.32 Å². The van der Waals surface area contributed by atoms with Gasteiger partial charge in [-0.05, 0) is 49.9 Å². The zero-order valence-electron chi connectivity index (χ0n) is 15.2.